The van der Waals surface area contributed by atoms with E-state index in [0.29, 0.717) is 24.2 Å². The molecule has 0 bridgehead atoms. The zero-order valence-electron chi connectivity index (χ0n) is 10.3. The highest BCUT2D eigenvalue weighted by atomic mass is 19.1. The Labute approximate surface area is 108 Å². The van der Waals surface area contributed by atoms with Crippen molar-refractivity contribution in [1.82, 2.24) is 9.55 Å². The molecule has 1 N–H and O–H groups in total. The number of imidazole rings is 1. The summed E-state index contributed by atoms with van der Waals surface area (Å²) in [6.07, 6.45) is -0.0446. The van der Waals surface area contributed by atoms with E-state index in [0.717, 1.165) is 5.52 Å². The number of ether oxygens (including phenoxy) is 1. The average Bonchev–Trinajstić information content (AvgIpc) is 2.94. The van der Waals surface area contributed by atoms with Gasteiger partial charge in [0.2, 0.25) is 0 Å². The Morgan fingerprint density at radius 2 is 2.32 bits per heavy atom. The van der Waals surface area contributed by atoms with Crippen molar-refractivity contribution in [3.8, 4) is 0 Å². The van der Waals surface area contributed by atoms with Gasteiger partial charge < -0.3 is 14.4 Å². The quantitative estimate of drug-likeness (QED) is 0.901. The molecule has 1 fully saturated rings. The van der Waals surface area contributed by atoms with E-state index < -0.39 is 12.1 Å². The molecule has 1 aliphatic heterocycles. The van der Waals surface area contributed by atoms with E-state index in [1.807, 2.05) is 11.6 Å². The Morgan fingerprint density at radius 3 is 3.00 bits per heavy atom. The maximum Gasteiger partial charge on any atom is 0.332 e. The van der Waals surface area contributed by atoms with Crippen LogP contribution in [0.3, 0.4) is 0 Å². The van der Waals surface area contributed by atoms with E-state index in [1.54, 1.807) is 6.07 Å². The second-order valence-electron chi connectivity index (χ2n) is 4.69. The average molecular weight is 264 g/mol. The van der Waals surface area contributed by atoms with Gasteiger partial charge in [-0.1, -0.05) is 0 Å². The van der Waals surface area contributed by atoms with Crippen LogP contribution in [0.15, 0.2) is 18.2 Å². The molecular weight excluding hydrogens is 251 g/mol. The summed E-state index contributed by atoms with van der Waals surface area (Å²) in [5.41, 5.74) is 1.36. The van der Waals surface area contributed by atoms with Crippen molar-refractivity contribution >= 4 is 17.0 Å². The molecule has 2 heterocycles. The van der Waals surface area contributed by atoms with Crippen LogP contribution in [0.4, 0.5) is 4.39 Å². The lowest BCUT2D eigenvalue weighted by Crippen LogP contribution is -2.19. The fourth-order valence-corrected chi connectivity index (χ4v) is 2.49. The molecular formula is C13H13FN2O3. The van der Waals surface area contributed by atoms with Crippen molar-refractivity contribution in [1.29, 1.82) is 0 Å². The molecule has 1 aromatic carbocycles. The number of nitrogens with zero attached hydrogens (tertiary/aromatic N) is 2. The van der Waals surface area contributed by atoms with Crippen molar-refractivity contribution in [2.45, 2.75) is 25.0 Å². The summed E-state index contributed by atoms with van der Waals surface area (Å²) >= 11 is 0. The second-order valence-corrected chi connectivity index (χ2v) is 4.69. The number of carboxylic acid groups (broad SMARTS) is 1. The summed E-state index contributed by atoms with van der Waals surface area (Å²) in [5, 5.41) is 8.92. The molecule has 2 atom stereocenters. The van der Waals surface area contributed by atoms with E-state index in [2.05, 4.69) is 4.98 Å². The Bertz CT molecular complexity index is 653. The highest BCUT2D eigenvalue weighted by Gasteiger charge is 2.33. The summed E-state index contributed by atoms with van der Waals surface area (Å²) in [4.78, 5) is 15.2. The minimum Gasteiger partial charge on any atom is -0.479 e. The number of aryl methyl sites for hydroxylation is 1. The van der Waals surface area contributed by atoms with Crippen LogP contribution in [-0.4, -0.2) is 26.7 Å². The molecule has 1 saturated heterocycles. The summed E-state index contributed by atoms with van der Waals surface area (Å²) in [7, 11) is 1.82. The van der Waals surface area contributed by atoms with Crippen LogP contribution in [0.25, 0.3) is 11.0 Å². The number of aliphatic carboxylic acids is 1. The van der Waals surface area contributed by atoms with E-state index in [4.69, 9.17) is 9.84 Å². The minimum atomic E-state index is -0.952. The van der Waals surface area contributed by atoms with Crippen LogP contribution >= 0.6 is 0 Å². The van der Waals surface area contributed by atoms with Crippen LogP contribution < -0.4 is 0 Å². The molecule has 0 aliphatic carbocycles. The third kappa shape index (κ3) is 1.98. The minimum absolute atomic E-state index is 0.340. The lowest BCUT2D eigenvalue weighted by atomic mass is 10.2. The molecule has 0 radical (unpaired) electrons. The van der Waals surface area contributed by atoms with Crippen LogP contribution in [0.1, 0.15) is 24.8 Å². The SMILES string of the molecule is Cn1c(C2CCC(C(=O)O)O2)nc2cc(F)ccc21. The lowest BCUT2D eigenvalue weighted by molar-refractivity contribution is -0.149. The maximum absolute atomic E-state index is 13.2. The van der Waals surface area contributed by atoms with Crippen LogP contribution in [0, 0.1) is 5.82 Å². The summed E-state index contributed by atoms with van der Waals surface area (Å²) in [6.45, 7) is 0. The van der Waals surface area contributed by atoms with Crippen molar-refractivity contribution in [2.75, 3.05) is 0 Å². The number of hydrogen-bond acceptors (Lipinski definition) is 3. The third-order valence-electron chi connectivity index (χ3n) is 3.46. The van der Waals surface area contributed by atoms with Gasteiger partial charge in [0.1, 0.15) is 17.7 Å². The number of benzene rings is 1. The fourth-order valence-electron chi connectivity index (χ4n) is 2.49. The Balaban J connectivity index is 1.97. The molecule has 2 aromatic rings. The number of aromatic nitrogens is 2. The van der Waals surface area contributed by atoms with Gasteiger partial charge in [-0.2, -0.15) is 0 Å². The molecule has 3 rings (SSSR count). The second kappa shape index (κ2) is 4.31. The summed E-state index contributed by atoms with van der Waals surface area (Å²) in [6, 6.07) is 4.40. The van der Waals surface area contributed by atoms with E-state index in [9.17, 15) is 9.18 Å². The molecule has 19 heavy (non-hydrogen) atoms. The number of rotatable bonds is 2. The van der Waals surface area contributed by atoms with Crippen LogP contribution in [0.2, 0.25) is 0 Å². The maximum atomic E-state index is 13.2. The molecule has 100 valence electrons. The molecule has 0 spiro atoms. The van der Waals surface area contributed by atoms with Gasteiger partial charge in [0, 0.05) is 13.1 Å². The van der Waals surface area contributed by atoms with E-state index in [-0.39, 0.29) is 11.9 Å². The Morgan fingerprint density at radius 1 is 1.53 bits per heavy atom. The number of hydrogen-bond donors (Lipinski definition) is 1. The van der Waals surface area contributed by atoms with E-state index >= 15 is 0 Å². The van der Waals surface area contributed by atoms with Gasteiger partial charge in [-0.15, -0.1) is 0 Å². The van der Waals surface area contributed by atoms with Gasteiger partial charge in [0.15, 0.2) is 6.10 Å². The first-order valence-electron chi connectivity index (χ1n) is 6.06. The normalized spacial score (nSPS) is 23.1. The predicted molar refractivity (Wildman–Crippen MR) is 65.2 cm³/mol. The largest absolute Gasteiger partial charge is 0.479 e. The first-order valence-corrected chi connectivity index (χ1v) is 6.06. The fraction of sp³-hybridized carbons (Fsp3) is 0.385. The molecule has 2 unspecified atom stereocenters. The van der Waals surface area contributed by atoms with E-state index in [1.165, 1.54) is 12.1 Å². The zero-order chi connectivity index (χ0) is 13.6. The number of carbonyl (C=O) groups is 1. The van der Waals surface area contributed by atoms with Gasteiger partial charge in [-0.3, -0.25) is 0 Å². The third-order valence-corrected chi connectivity index (χ3v) is 3.46. The van der Waals surface area contributed by atoms with Crippen molar-refractivity contribution in [2.24, 2.45) is 7.05 Å². The molecule has 0 amide bonds. The predicted octanol–water partition coefficient (Wildman–Crippen LogP) is 2.02. The Hall–Kier alpha value is -1.95. The molecule has 1 aliphatic rings. The first-order chi connectivity index (χ1) is 9.06. The van der Waals surface area contributed by atoms with Gasteiger partial charge in [-0.05, 0) is 25.0 Å². The van der Waals surface area contributed by atoms with Crippen LogP contribution in [-0.2, 0) is 16.6 Å². The van der Waals surface area contributed by atoms with Gasteiger partial charge in [-0.25, -0.2) is 14.2 Å². The van der Waals surface area contributed by atoms with Crippen LogP contribution in [0.5, 0.6) is 0 Å². The van der Waals surface area contributed by atoms with Gasteiger partial charge in [0.25, 0.3) is 0 Å². The first kappa shape index (κ1) is 12.1. The standard InChI is InChI=1S/C13H13FN2O3/c1-16-9-3-2-7(14)6-8(9)15-12(16)10-4-5-11(19-10)13(17)18/h2-3,6,10-11H,4-5H2,1H3,(H,17,18). The summed E-state index contributed by atoms with van der Waals surface area (Å²) < 4.78 is 20.5. The van der Waals surface area contributed by atoms with Gasteiger partial charge >= 0.3 is 5.97 Å². The molecule has 5 nitrogen and oxygen atoms in total. The smallest absolute Gasteiger partial charge is 0.332 e. The number of carboxylic acids is 1. The lowest BCUT2D eigenvalue weighted by Gasteiger charge is -2.10. The number of fused-ring (bicyclic) bond motifs is 1. The molecule has 6 heteroatoms. The zero-order valence-corrected chi connectivity index (χ0v) is 10.3. The summed E-state index contributed by atoms with van der Waals surface area (Å²) in [5.74, 6) is -0.649. The van der Waals surface area contributed by atoms with Crippen molar-refractivity contribution < 1.29 is 19.0 Å². The van der Waals surface area contributed by atoms with Crippen molar-refractivity contribution in [3.05, 3.63) is 29.8 Å². The topological polar surface area (TPSA) is 64.4 Å². The molecule has 1 aromatic heterocycles. The monoisotopic (exact) mass is 264 g/mol. The molecule has 0 saturated carbocycles. The highest BCUT2D eigenvalue weighted by molar-refractivity contribution is 5.76. The Kier molecular flexibility index (Phi) is 2.74. The number of halogens is 1. The van der Waals surface area contributed by atoms with Gasteiger partial charge in [0.05, 0.1) is 11.0 Å². The highest BCUT2D eigenvalue weighted by Crippen LogP contribution is 2.33. The van der Waals surface area contributed by atoms with Crippen molar-refractivity contribution in [3.63, 3.8) is 0 Å².